The zero-order valence-electron chi connectivity index (χ0n) is 83.6. The van der Waals surface area contributed by atoms with Gasteiger partial charge in [-0.05, 0) is 325 Å². The number of carbonyl (C=O) groups excluding carboxylic acids is 4. The van der Waals surface area contributed by atoms with Crippen LogP contribution in [0.4, 0.5) is 0 Å². The number of fused-ring (bicyclic) bond motifs is 4. The van der Waals surface area contributed by atoms with Crippen LogP contribution in [0, 0.1) is 95.9 Å². The van der Waals surface area contributed by atoms with Gasteiger partial charge in [-0.25, -0.2) is 19.9 Å². The third kappa shape index (κ3) is 23.6. The van der Waals surface area contributed by atoms with E-state index in [9.17, 15) is 19.2 Å². The number of aromatic nitrogens is 9. The Hall–Kier alpha value is -9.53. The van der Waals surface area contributed by atoms with E-state index in [1.807, 2.05) is 233 Å². The monoisotopic (exact) mass is 1850 g/mol. The molecule has 0 N–H and O–H groups in total. The summed E-state index contributed by atoms with van der Waals surface area (Å²) in [6.45, 7) is 69.1. The zero-order chi connectivity index (χ0) is 97.2. The van der Waals surface area contributed by atoms with Crippen LogP contribution in [0.3, 0.4) is 0 Å². The van der Waals surface area contributed by atoms with E-state index in [0.717, 1.165) is 195 Å². The maximum absolute atomic E-state index is 13.0. The second-order valence-corrected chi connectivity index (χ2v) is 41.3. The van der Waals surface area contributed by atoms with Crippen molar-refractivity contribution in [1.29, 1.82) is 0 Å². The van der Waals surface area contributed by atoms with E-state index < -0.39 is 46.8 Å². The quantitative estimate of drug-likeness (QED) is 0.0526. The van der Waals surface area contributed by atoms with Gasteiger partial charge in [-0.1, -0.05) is 135 Å². The fourth-order valence-electron chi connectivity index (χ4n) is 17.6. The van der Waals surface area contributed by atoms with Crippen molar-refractivity contribution in [2.75, 3.05) is 0 Å². The van der Waals surface area contributed by atoms with Gasteiger partial charge in [-0.2, -0.15) is 0 Å². The highest BCUT2D eigenvalue weighted by atomic mass is 35.5. The Labute approximate surface area is 797 Å². The van der Waals surface area contributed by atoms with Crippen LogP contribution in [-0.4, -0.2) is 88.7 Å². The van der Waals surface area contributed by atoms with Crippen LogP contribution in [-0.2, 0) is 64.3 Å². The minimum atomic E-state index is -0.742. The van der Waals surface area contributed by atoms with Crippen molar-refractivity contribution >= 4 is 114 Å². The molecular formula is C110H137Cl4N9O8. The van der Waals surface area contributed by atoms with Crippen LogP contribution in [0.1, 0.15) is 284 Å². The Kier molecular flexibility index (Phi) is 33.2. The van der Waals surface area contributed by atoms with Gasteiger partial charge in [0.1, 0.15) is 47.0 Å². The molecular weight excluding hydrogens is 1720 g/mol. The van der Waals surface area contributed by atoms with E-state index in [2.05, 4.69) is 101 Å². The standard InChI is InChI=1S/C30H34ClN3O2.2C27H35ClN2O2.C26H33ClN2O2/c1-17-10-9-11-24(32-17)16-34-20(4)18(2)25-27(22-12-14-23(31)15-13-22)26(19(3)33-29(25)34)28(21(5)35)36-30(6,7)8;1-15(2)14-30-18(5)16(3)22-24(20-10-12-21(28)13-11-20)23(17(4)29-26(22)30)25(19(6)31)32-27(7,8)9;1-9-10-15-30-18(4)16(2)22-24(20-11-13-21(28)14-12-20)23(17(3)29-26(22)30)25(19(5)31)32-27(6,7)8;1-9-14-29-17(4)15(2)21-23(19-10-12-20(27)13-11-19)22(16(3)28-25(21)29)24(18(5)30)31-26(6,7)8/h9-15,28H,16H2,1-8H3;10-13,15,25H,14H2,1-9H3;11-14,25H,9-10,15H2,1-8H3;10-13,24H,9,14H2,1-8H3. The van der Waals surface area contributed by atoms with Crippen LogP contribution in [0.15, 0.2) is 115 Å². The minimum absolute atomic E-state index is 0.0285. The number of hydrogen-bond acceptors (Lipinski definition) is 13. The predicted molar refractivity (Wildman–Crippen MR) is 543 cm³/mol. The van der Waals surface area contributed by atoms with Crippen LogP contribution in [0.5, 0.6) is 0 Å². The van der Waals surface area contributed by atoms with Gasteiger partial charge in [-0.15, -0.1) is 0 Å². The number of ketones is 4. The van der Waals surface area contributed by atoms with Crippen LogP contribution in [0.25, 0.3) is 88.6 Å². The molecule has 0 fully saturated rings. The summed E-state index contributed by atoms with van der Waals surface area (Å²) in [4.78, 5) is 76.5. The summed E-state index contributed by atoms with van der Waals surface area (Å²) in [5.74, 6) is 0.340. The minimum Gasteiger partial charge on any atom is -0.360 e. The highest BCUT2D eigenvalue weighted by Crippen LogP contribution is 2.49. The molecule has 4 aromatic carbocycles. The van der Waals surface area contributed by atoms with Crippen molar-refractivity contribution in [3.8, 4) is 44.5 Å². The maximum atomic E-state index is 13.0. The number of aryl methyl sites for hydroxylation is 11. The van der Waals surface area contributed by atoms with E-state index in [0.29, 0.717) is 32.6 Å². The van der Waals surface area contributed by atoms with Crippen molar-refractivity contribution in [2.45, 2.75) is 321 Å². The van der Waals surface area contributed by atoms with Crippen LogP contribution >= 0.6 is 46.4 Å². The summed E-state index contributed by atoms with van der Waals surface area (Å²) in [5, 5.41) is 6.96. The second kappa shape index (κ2) is 41.9. The van der Waals surface area contributed by atoms with E-state index >= 15 is 0 Å². The Morgan fingerprint density at radius 1 is 0.336 bits per heavy atom. The molecule has 0 spiro atoms. The number of carbonyl (C=O) groups is 4. The van der Waals surface area contributed by atoms with Crippen molar-refractivity contribution < 1.29 is 38.1 Å². The van der Waals surface area contributed by atoms with Gasteiger partial charge in [0.15, 0.2) is 23.1 Å². The first-order chi connectivity index (χ1) is 61.1. The molecule has 698 valence electrons. The summed E-state index contributed by atoms with van der Waals surface area (Å²) in [7, 11) is 0. The molecule has 21 heteroatoms. The molecule has 0 bridgehead atoms. The lowest BCUT2D eigenvalue weighted by Gasteiger charge is -2.29. The molecule has 13 aromatic rings. The van der Waals surface area contributed by atoms with Crippen LogP contribution < -0.4 is 0 Å². The molecule has 0 saturated heterocycles. The second-order valence-electron chi connectivity index (χ2n) is 39.5. The van der Waals surface area contributed by atoms with E-state index in [1.54, 1.807) is 27.7 Å². The number of pyridine rings is 5. The first kappa shape index (κ1) is 104. The fraction of sp³-hybridized carbons (Fsp3) is 0.445. The van der Waals surface area contributed by atoms with Gasteiger partial charge in [0.25, 0.3) is 0 Å². The van der Waals surface area contributed by atoms with Crippen LogP contribution in [0.2, 0.25) is 20.1 Å². The lowest BCUT2D eigenvalue weighted by Crippen LogP contribution is -2.27. The summed E-state index contributed by atoms with van der Waals surface area (Å²) in [6.07, 6.45) is 0.385. The molecule has 17 nitrogen and oxygen atoms in total. The highest BCUT2D eigenvalue weighted by molar-refractivity contribution is 6.31. The molecule has 0 aliphatic heterocycles. The summed E-state index contributed by atoms with van der Waals surface area (Å²) in [6, 6.07) is 37.3. The predicted octanol–water partition coefficient (Wildman–Crippen LogP) is 29.5. The molecule has 9 heterocycles. The Balaban J connectivity index is 0.000000182. The number of Topliss-reactive ketones (excluding diaryl/α,β-unsaturated/α-hetero) is 4. The van der Waals surface area contributed by atoms with E-state index in [1.165, 1.54) is 33.8 Å². The number of benzene rings is 4. The number of nitrogens with zero attached hydrogens (tertiary/aromatic N) is 9. The van der Waals surface area contributed by atoms with Crippen molar-refractivity contribution in [3.63, 3.8) is 0 Å². The third-order valence-corrected chi connectivity index (χ3v) is 24.9. The van der Waals surface area contributed by atoms with Crippen molar-refractivity contribution in [1.82, 2.24) is 43.2 Å². The molecule has 13 rings (SSSR count). The Morgan fingerprint density at radius 2 is 0.588 bits per heavy atom. The van der Waals surface area contributed by atoms with E-state index in [-0.39, 0.29) is 23.1 Å². The van der Waals surface area contributed by atoms with Gasteiger partial charge in [-0.3, -0.25) is 24.2 Å². The molecule has 9 aromatic heterocycles. The number of unbranched alkanes of at least 4 members (excludes halogenated alkanes) is 1. The first-order valence-corrected chi connectivity index (χ1v) is 47.3. The summed E-state index contributed by atoms with van der Waals surface area (Å²) >= 11 is 24.9. The maximum Gasteiger partial charge on any atom is 0.163 e. The van der Waals surface area contributed by atoms with E-state index in [4.69, 9.17) is 90.3 Å². The average Bonchev–Trinajstić information content (AvgIpc) is 1.62. The van der Waals surface area contributed by atoms with Gasteiger partial charge >= 0.3 is 0 Å². The molecule has 4 unspecified atom stereocenters. The van der Waals surface area contributed by atoms with Crippen molar-refractivity contribution in [2.24, 2.45) is 5.92 Å². The lowest BCUT2D eigenvalue weighted by atomic mass is 9.90. The average molecular weight is 1860 g/mol. The number of ether oxygens (including phenoxy) is 4. The molecule has 0 radical (unpaired) electrons. The van der Waals surface area contributed by atoms with Gasteiger partial charge < -0.3 is 37.2 Å². The molecule has 4 atom stereocenters. The molecule has 131 heavy (non-hydrogen) atoms. The number of hydrogen-bond donors (Lipinski definition) is 0. The largest absolute Gasteiger partial charge is 0.360 e. The first-order valence-electron chi connectivity index (χ1n) is 45.8. The number of halogens is 4. The van der Waals surface area contributed by atoms with Gasteiger partial charge in [0.05, 0.1) is 34.6 Å². The molecule has 0 aliphatic carbocycles. The van der Waals surface area contributed by atoms with Gasteiger partial charge in [0.2, 0.25) is 0 Å². The SMILES string of the molecule is CC(=O)C(OC(C)(C)C)c1c(C)nc2c(c(C)c(C)n2CC(C)C)c1-c1ccc(Cl)cc1.CC(=O)C(OC(C)(C)C)c1c(C)nc2c(c(C)c(C)n2Cc2cccc(C)n2)c1-c1ccc(Cl)cc1.CCCCn1c(C)c(C)c2c(-c3ccc(Cl)cc3)c(C(OC(C)(C)C)C(C)=O)c(C)nc21.CCCn1c(C)c(C)c2c(-c3ccc(Cl)cc3)c(C(OC(C)(C)C)C(C)=O)c(C)nc21. The number of rotatable bonds is 25. The Morgan fingerprint density at radius 3 is 0.832 bits per heavy atom. The molecule has 0 saturated carbocycles. The van der Waals surface area contributed by atoms with Gasteiger partial charge in [0, 0.05) is 157 Å². The Bertz CT molecular complexity index is 6400. The highest BCUT2D eigenvalue weighted by Gasteiger charge is 2.38. The molecule has 0 amide bonds. The fourth-order valence-corrected chi connectivity index (χ4v) is 18.1. The third-order valence-electron chi connectivity index (χ3n) is 23.9. The lowest BCUT2D eigenvalue weighted by molar-refractivity contribution is -0.139. The zero-order valence-corrected chi connectivity index (χ0v) is 86.6. The summed E-state index contributed by atoms with van der Waals surface area (Å²) < 4.78 is 34.4. The normalized spacial score (nSPS) is 13.0. The topological polar surface area (TPSA) is 189 Å². The van der Waals surface area contributed by atoms with Crippen molar-refractivity contribution in [3.05, 3.63) is 237 Å². The molecule has 0 aliphatic rings. The smallest absolute Gasteiger partial charge is 0.163 e. The summed E-state index contributed by atoms with van der Waals surface area (Å²) in [5.41, 5.74) is 27.7.